The Morgan fingerprint density at radius 1 is 1.33 bits per heavy atom. The molecule has 0 aliphatic carbocycles. The summed E-state index contributed by atoms with van der Waals surface area (Å²) < 4.78 is 0. The maximum absolute atomic E-state index is 5.79. The van der Waals surface area contributed by atoms with Crippen molar-refractivity contribution in [3.8, 4) is 0 Å². The zero-order valence-electron chi connectivity index (χ0n) is 7.92. The molecule has 1 aliphatic rings. The average molecular weight is 212 g/mol. The third kappa shape index (κ3) is 3.51. The average Bonchev–Trinajstić information content (AvgIpc) is 2.05. The topological polar surface area (TPSA) is 3.24 Å². The lowest BCUT2D eigenvalue weighted by Crippen LogP contribution is -2.38. The lowest BCUT2D eigenvalue weighted by molar-refractivity contribution is 0.157. The van der Waals surface area contributed by atoms with Gasteiger partial charge in [-0.15, -0.1) is 24.0 Å². The number of rotatable bonds is 2. The Kier molecular flexibility index (Phi) is 6.34. The van der Waals surface area contributed by atoms with Crippen molar-refractivity contribution in [3.05, 3.63) is 0 Å². The van der Waals surface area contributed by atoms with Crippen LogP contribution in [0.15, 0.2) is 0 Å². The summed E-state index contributed by atoms with van der Waals surface area (Å²) in [6.07, 6.45) is 2.59. The second-order valence-electron chi connectivity index (χ2n) is 3.73. The van der Waals surface area contributed by atoms with Crippen molar-refractivity contribution in [2.24, 2.45) is 5.92 Å². The first-order chi connectivity index (χ1) is 5.24. The van der Waals surface area contributed by atoms with Gasteiger partial charge in [0, 0.05) is 11.9 Å². The largest absolute Gasteiger partial charge is 0.301 e. The van der Waals surface area contributed by atoms with Crippen molar-refractivity contribution in [3.63, 3.8) is 0 Å². The van der Waals surface area contributed by atoms with E-state index in [1.807, 2.05) is 0 Å². The number of hydrogen-bond donors (Lipinski definition) is 0. The van der Waals surface area contributed by atoms with Crippen molar-refractivity contribution in [1.29, 1.82) is 0 Å². The molecular formula is C9H19Cl2N. The molecule has 3 heteroatoms. The molecule has 1 heterocycles. The first kappa shape index (κ1) is 12.5. The van der Waals surface area contributed by atoms with E-state index in [4.69, 9.17) is 11.6 Å². The lowest BCUT2D eigenvalue weighted by Gasteiger charge is -2.33. The molecule has 0 aromatic heterocycles. The third-order valence-corrected chi connectivity index (χ3v) is 3.03. The molecule has 0 saturated carbocycles. The molecule has 0 unspecified atom stereocenters. The molecule has 12 heavy (non-hydrogen) atoms. The van der Waals surface area contributed by atoms with Gasteiger partial charge < -0.3 is 4.90 Å². The molecule has 74 valence electrons. The Labute approximate surface area is 86.9 Å². The van der Waals surface area contributed by atoms with Gasteiger partial charge in [0.05, 0.1) is 0 Å². The molecule has 1 fully saturated rings. The molecule has 1 nitrogen and oxygen atoms in total. The van der Waals surface area contributed by atoms with Crippen LogP contribution < -0.4 is 0 Å². The van der Waals surface area contributed by atoms with E-state index in [1.54, 1.807) is 0 Å². The summed E-state index contributed by atoms with van der Waals surface area (Å²) in [5.41, 5.74) is 0. The van der Waals surface area contributed by atoms with Crippen LogP contribution in [0.2, 0.25) is 0 Å². The minimum atomic E-state index is 0. The summed E-state index contributed by atoms with van der Waals surface area (Å²) >= 11 is 5.79. The first-order valence-corrected chi connectivity index (χ1v) is 5.07. The summed E-state index contributed by atoms with van der Waals surface area (Å²) in [7, 11) is 0. The van der Waals surface area contributed by atoms with Gasteiger partial charge in [-0.3, -0.25) is 0 Å². The smallest absolute Gasteiger partial charge is 0.0252 e. The number of nitrogens with zero attached hydrogens (tertiary/aromatic N) is 1. The van der Waals surface area contributed by atoms with Crippen LogP contribution >= 0.6 is 24.0 Å². The van der Waals surface area contributed by atoms with Crippen LogP contribution in [0.5, 0.6) is 0 Å². The van der Waals surface area contributed by atoms with Gasteiger partial charge in [0.25, 0.3) is 0 Å². The number of likely N-dealkylation sites (tertiary alicyclic amines) is 1. The van der Waals surface area contributed by atoms with Crippen LogP contribution in [-0.4, -0.2) is 29.9 Å². The van der Waals surface area contributed by atoms with Gasteiger partial charge in [-0.25, -0.2) is 0 Å². The van der Waals surface area contributed by atoms with E-state index in [9.17, 15) is 0 Å². The minimum Gasteiger partial charge on any atom is -0.301 e. The van der Waals surface area contributed by atoms with Crippen LogP contribution in [0.3, 0.4) is 0 Å². The van der Waals surface area contributed by atoms with Gasteiger partial charge >= 0.3 is 0 Å². The number of hydrogen-bond acceptors (Lipinski definition) is 1. The van der Waals surface area contributed by atoms with Crippen molar-refractivity contribution in [1.82, 2.24) is 4.90 Å². The molecule has 0 radical (unpaired) electrons. The number of halogens is 2. The molecule has 0 amide bonds. The van der Waals surface area contributed by atoms with Crippen LogP contribution in [-0.2, 0) is 0 Å². The summed E-state index contributed by atoms with van der Waals surface area (Å²) in [5.74, 6) is 1.64. The Morgan fingerprint density at radius 3 is 2.17 bits per heavy atom. The summed E-state index contributed by atoms with van der Waals surface area (Å²) in [5, 5.41) is 0. The van der Waals surface area contributed by atoms with Gasteiger partial charge in [0.1, 0.15) is 0 Å². The molecule has 0 aromatic carbocycles. The van der Waals surface area contributed by atoms with Crippen LogP contribution in [0.25, 0.3) is 0 Å². The highest BCUT2D eigenvalue weighted by molar-refractivity contribution is 6.18. The summed E-state index contributed by atoms with van der Waals surface area (Å²) in [6.45, 7) is 7.02. The van der Waals surface area contributed by atoms with E-state index >= 15 is 0 Å². The molecule has 0 spiro atoms. The molecular weight excluding hydrogens is 193 g/mol. The fourth-order valence-electron chi connectivity index (χ4n) is 1.62. The van der Waals surface area contributed by atoms with E-state index in [1.165, 1.54) is 25.9 Å². The van der Waals surface area contributed by atoms with E-state index in [0.29, 0.717) is 6.04 Å². The van der Waals surface area contributed by atoms with Crippen molar-refractivity contribution < 1.29 is 0 Å². The normalized spacial score (nSPS) is 21.0. The molecule has 0 aromatic rings. The summed E-state index contributed by atoms with van der Waals surface area (Å²) in [6, 6.07) is 0.714. The van der Waals surface area contributed by atoms with E-state index < -0.39 is 0 Å². The van der Waals surface area contributed by atoms with Gasteiger partial charge in [0.15, 0.2) is 0 Å². The second-order valence-corrected chi connectivity index (χ2v) is 4.04. The van der Waals surface area contributed by atoms with Crippen LogP contribution in [0, 0.1) is 5.92 Å². The highest BCUT2D eigenvalue weighted by Gasteiger charge is 2.19. The third-order valence-electron chi connectivity index (χ3n) is 2.60. The Bertz CT molecular complexity index is 109. The molecule has 0 bridgehead atoms. The summed E-state index contributed by atoms with van der Waals surface area (Å²) in [4.78, 5) is 2.53. The van der Waals surface area contributed by atoms with Crippen LogP contribution in [0.4, 0.5) is 0 Å². The van der Waals surface area contributed by atoms with Crippen molar-refractivity contribution >= 4 is 24.0 Å². The van der Waals surface area contributed by atoms with E-state index in [2.05, 4.69) is 18.7 Å². The zero-order chi connectivity index (χ0) is 8.27. The fourth-order valence-corrected chi connectivity index (χ4v) is 1.93. The Balaban J connectivity index is 0.00000121. The Morgan fingerprint density at radius 2 is 1.83 bits per heavy atom. The quantitative estimate of drug-likeness (QED) is 0.636. The van der Waals surface area contributed by atoms with Gasteiger partial charge in [-0.1, -0.05) is 0 Å². The molecule has 0 atom stereocenters. The van der Waals surface area contributed by atoms with Gasteiger partial charge in [-0.2, -0.15) is 0 Å². The lowest BCUT2D eigenvalue weighted by atomic mass is 9.98. The highest BCUT2D eigenvalue weighted by atomic mass is 35.5. The monoisotopic (exact) mass is 211 g/mol. The van der Waals surface area contributed by atoms with E-state index in [0.717, 1.165) is 11.8 Å². The molecule has 1 aliphatic heterocycles. The number of piperidine rings is 1. The first-order valence-electron chi connectivity index (χ1n) is 4.54. The Hall–Kier alpha value is 0.540. The molecule has 0 N–H and O–H groups in total. The zero-order valence-corrected chi connectivity index (χ0v) is 9.50. The highest BCUT2D eigenvalue weighted by Crippen LogP contribution is 2.19. The molecule has 1 saturated heterocycles. The van der Waals surface area contributed by atoms with Gasteiger partial charge in [0.2, 0.25) is 0 Å². The van der Waals surface area contributed by atoms with Crippen LogP contribution in [0.1, 0.15) is 26.7 Å². The predicted octanol–water partition coefficient (Wildman–Crippen LogP) is 2.77. The van der Waals surface area contributed by atoms with Crippen molar-refractivity contribution in [2.45, 2.75) is 32.7 Å². The SMILES string of the molecule is CC(C)N1CCC(CCl)CC1.Cl. The number of alkyl halides is 1. The molecule has 1 rings (SSSR count). The maximum Gasteiger partial charge on any atom is 0.0252 e. The van der Waals surface area contributed by atoms with E-state index in [-0.39, 0.29) is 12.4 Å². The predicted molar refractivity (Wildman–Crippen MR) is 57.4 cm³/mol. The minimum absolute atomic E-state index is 0. The van der Waals surface area contributed by atoms with Gasteiger partial charge in [-0.05, 0) is 45.7 Å². The maximum atomic E-state index is 5.79. The standard InChI is InChI=1S/C9H18ClN.ClH/c1-8(2)11-5-3-9(7-10)4-6-11;/h8-9H,3-7H2,1-2H3;1H. The van der Waals surface area contributed by atoms with Crippen molar-refractivity contribution in [2.75, 3.05) is 19.0 Å². The second kappa shape index (κ2) is 6.06. The fraction of sp³-hybridized carbons (Fsp3) is 1.00.